The second-order valence-corrected chi connectivity index (χ2v) is 3.72. The van der Waals surface area contributed by atoms with Crippen molar-refractivity contribution in [1.29, 1.82) is 0 Å². The predicted octanol–water partition coefficient (Wildman–Crippen LogP) is 3.70. The summed E-state index contributed by atoms with van der Waals surface area (Å²) in [6.45, 7) is 0. The van der Waals surface area contributed by atoms with Gasteiger partial charge in [0, 0.05) is 11.6 Å². The Hall–Kier alpha value is -2.15. The van der Waals surface area contributed by atoms with Gasteiger partial charge in [-0.25, -0.2) is 0 Å². The third-order valence-corrected chi connectivity index (χ3v) is 2.67. The molecule has 0 saturated heterocycles. The van der Waals surface area contributed by atoms with Crippen molar-refractivity contribution in [2.75, 3.05) is 0 Å². The molecule has 0 aliphatic rings. The summed E-state index contributed by atoms with van der Waals surface area (Å²) in [7, 11) is 0. The fourth-order valence-corrected chi connectivity index (χ4v) is 1.83. The molecule has 3 rings (SSSR count). The van der Waals surface area contributed by atoms with Crippen molar-refractivity contribution < 1.29 is 0 Å². The molecule has 2 aromatic carbocycles. The van der Waals surface area contributed by atoms with E-state index in [2.05, 4.69) is 41.5 Å². The van der Waals surface area contributed by atoms with Crippen molar-refractivity contribution in [3.63, 3.8) is 0 Å². The van der Waals surface area contributed by atoms with Crippen molar-refractivity contribution in [2.24, 2.45) is 0 Å². The highest BCUT2D eigenvalue weighted by Gasteiger charge is 1.98. The van der Waals surface area contributed by atoms with E-state index in [-0.39, 0.29) is 0 Å². The molecular formula is C15H10N. The van der Waals surface area contributed by atoms with Crippen molar-refractivity contribution in [2.45, 2.75) is 0 Å². The molecule has 75 valence electrons. The van der Waals surface area contributed by atoms with Crippen molar-refractivity contribution in [1.82, 2.24) is 4.98 Å². The minimum Gasteiger partial charge on any atom is -0.254 e. The van der Waals surface area contributed by atoms with E-state index in [9.17, 15) is 0 Å². The van der Waals surface area contributed by atoms with Crippen LogP contribution in [-0.2, 0) is 0 Å². The average Bonchev–Trinajstić information content (AvgIpc) is 2.39. The Kier molecular flexibility index (Phi) is 2.15. The average molecular weight is 204 g/mol. The molecule has 1 heteroatoms. The minimum absolute atomic E-state index is 1.06. The van der Waals surface area contributed by atoms with E-state index in [1.807, 2.05) is 24.3 Å². The molecule has 0 fully saturated rings. The number of nitrogens with zero attached hydrogens (tertiary/aromatic N) is 1. The van der Waals surface area contributed by atoms with Crippen LogP contribution >= 0.6 is 0 Å². The third-order valence-electron chi connectivity index (χ3n) is 2.67. The highest BCUT2D eigenvalue weighted by atomic mass is 14.6. The maximum Gasteiger partial charge on any atom is 0.0970 e. The van der Waals surface area contributed by atoms with Crippen LogP contribution in [0.5, 0.6) is 0 Å². The number of fused-ring (bicyclic) bond motifs is 1. The molecule has 0 unspecified atom stereocenters. The van der Waals surface area contributed by atoms with Gasteiger partial charge < -0.3 is 0 Å². The Labute approximate surface area is 94.4 Å². The van der Waals surface area contributed by atoms with E-state index in [4.69, 9.17) is 0 Å². The summed E-state index contributed by atoms with van der Waals surface area (Å²) in [4.78, 5) is 4.02. The third kappa shape index (κ3) is 1.57. The van der Waals surface area contributed by atoms with Crippen LogP contribution < -0.4 is 0 Å². The lowest BCUT2D eigenvalue weighted by molar-refractivity contribution is 1.35. The van der Waals surface area contributed by atoms with E-state index in [1.165, 1.54) is 16.5 Å². The van der Waals surface area contributed by atoms with Gasteiger partial charge in [-0.05, 0) is 28.6 Å². The quantitative estimate of drug-likeness (QED) is 0.589. The molecule has 3 aromatic rings. The molecule has 0 bridgehead atoms. The largest absolute Gasteiger partial charge is 0.254 e. The molecule has 0 atom stereocenters. The Morgan fingerprint density at radius 1 is 0.812 bits per heavy atom. The van der Waals surface area contributed by atoms with Gasteiger partial charge >= 0.3 is 0 Å². The van der Waals surface area contributed by atoms with Crippen LogP contribution in [0.15, 0.2) is 60.8 Å². The van der Waals surface area contributed by atoms with Crippen LogP contribution in [0.25, 0.3) is 21.9 Å². The number of rotatable bonds is 1. The fraction of sp³-hybridized carbons (Fsp3) is 0. The lowest BCUT2D eigenvalue weighted by Crippen LogP contribution is -1.79. The summed E-state index contributed by atoms with van der Waals surface area (Å²) in [5, 5.41) is 2.23. The lowest BCUT2D eigenvalue weighted by atomic mass is 10.0. The second kappa shape index (κ2) is 3.78. The lowest BCUT2D eigenvalue weighted by Gasteiger charge is -2.02. The van der Waals surface area contributed by atoms with Crippen LogP contribution in [0.2, 0.25) is 0 Å². The number of benzene rings is 2. The highest BCUT2D eigenvalue weighted by molar-refractivity contribution is 5.86. The van der Waals surface area contributed by atoms with Gasteiger partial charge in [0.05, 0.1) is 6.20 Å². The number of hydrogen-bond donors (Lipinski definition) is 0. The van der Waals surface area contributed by atoms with E-state index in [0.29, 0.717) is 0 Å². The maximum absolute atomic E-state index is 4.02. The second-order valence-electron chi connectivity index (χ2n) is 3.72. The van der Waals surface area contributed by atoms with Gasteiger partial charge in [0.15, 0.2) is 0 Å². The summed E-state index contributed by atoms with van der Waals surface area (Å²) in [5.74, 6) is 0. The van der Waals surface area contributed by atoms with E-state index in [1.54, 1.807) is 6.20 Å². The highest BCUT2D eigenvalue weighted by Crippen LogP contribution is 2.23. The molecule has 16 heavy (non-hydrogen) atoms. The van der Waals surface area contributed by atoms with Gasteiger partial charge in [-0.1, -0.05) is 42.5 Å². The first-order chi connectivity index (χ1) is 7.93. The molecule has 0 aliphatic heterocycles. The van der Waals surface area contributed by atoms with Gasteiger partial charge in [0.25, 0.3) is 0 Å². The molecule has 0 aliphatic carbocycles. The molecular weight excluding hydrogens is 194 g/mol. The number of aromatic nitrogens is 1. The summed E-state index contributed by atoms with van der Waals surface area (Å²) >= 11 is 0. The molecule has 0 amide bonds. The first-order valence-electron chi connectivity index (χ1n) is 5.25. The molecule has 1 heterocycles. The Bertz CT molecular complexity index is 614. The van der Waals surface area contributed by atoms with Crippen LogP contribution in [0.3, 0.4) is 0 Å². The monoisotopic (exact) mass is 204 g/mol. The Morgan fingerprint density at radius 2 is 1.69 bits per heavy atom. The fourth-order valence-electron chi connectivity index (χ4n) is 1.83. The minimum atomic E-state index is 1.06. The topological polar surface area (TPSA) is 12.9 Å². The van der Waals surface area contributed by atoms with Gasteiger partial charge in [0.1, 0.15) is 0 Å². The standard InChI is InChI=1S/C15H10N/c1-2-4-12(5-3-1)14-7-6-13-8-9-16-11-15(13)10-14/h1-10H. The van der Waals surface area contributed by atoms with Crippen molar-refractivity contribution in [3.8, 4) is 11.1 Å². The SMILES string of the molecule is [c]1nccc2ccc(-c3ccccc3)cc12. The first kappa shape index (κ1) is 9.10. The number of pyridine rings is 1. The van der Waals surface area contributed by atoms with Crippen LogP contribution in [0.1, 0.15) is 0 Å². The zero-order chi connectivity index (χ0) is 10.8. The molecule has 0 N–H and O–H groups in total. The summed E-state index contributed by atoms with van der Waals surface area (Å²) in [6.07, 6.45) is 4.78. The Balaban J connectivity index is 2.19. The Morgan fingerprint density at radius 3 is 2.56 bits per heavy atom. The van der Waals surface area contributed by atoms with E-state index in [0.717, 1.165) is 5.39 Å². The van der Waals surface area contributed by atoms with Crippen molar-refractivity contribution >= 4 is 10.8 Å². The predicted molar refractivity (Wildman–Crippen MR) is 66.0 cm³/mol. The first-order valence-corrected chi connectivity index (χ1v) is 5.25. The van der Waals surface area contributed by atoms with Gasteiger partial charge in [-0.15, -0.1) is 0 Å². The summed E-state index contributed by atoms with van der Waals surface area (Å²) < 4.78 is 0. The van der Waals surface area contributed by atoms with Gasteiger partial charge in [0.2, 0.25) is 0 Å². The molecule has 1 aromatic heterocycles. The summed E-state index contributed by atoms with van der Waals surface area (Å²) in [5.41, 5.74) is 2.43. The molecule has 0 saturated carbocycles. The smallest absolute Gasteiger partial charge is 0.0970 e. The van der Waals surface area contributed by atoms with E-state index >= 15 is 0 Å². The molecule has 0 spiro atoms. The van der Waals surface area contributed by atoms with Gasteiger partial charge in [-0.2, -0.15) is 0 Å². The maximum atomic E-state index is 4.02. The van der Waals surface area contributed by atoms with Crippen molar-refractivity contribution in [3.05, 3.63) is 67.0 Å². The summed E-state index contributed by atoms with van der Waals surface area (Å²) in [6, 6.07) is 18.7. The van der Waals surface area contributed by atoms with Crippen LogP contribution in [0.4, 0.5) is 0 Å². The van der Waals surface area contributed by atoms with E-state index < -0.39 is 0 Å². The normalized spacial score (nSPS) is 10.5. The van der Waals surface area contributed by atoms with Crippen LogP contribution in [-0.4, -0.2) is 4.98 Å². The molecule has 1 radical (unpaired) electrons. The number of hydrogen-bond acceptors (Lipinski definition) is 1. The van der Waals surface area contributed by atoms with Gasteiger partial charge in [-0.3, -0.25) is 4.98 Å². The zero-order valence-electron chi connectivity index (χ0n) is 8.72. The van der Waals surface area contributed by atoms with Crippen LogP contribution in [0, 0.1) is 6.20 Å². The molecule has 1 nitrogen and oxygen atoms in total. The zero-order valence-corrected chi connectivity index (χ0v) is 8.72.